The molecule has 5 aromatic rings. The van der Waals surface area contributed by atoms with Gasteiger partial charge in [-0.2, -0.15) is 0 Å². The first-order valence-corrected chi connectivity index (χ1v) is 10.4. The summed E-state index contributed by atoms with van der Waals surface area (Å²) in [5.41, 5.74) is 9.45. The molecular formula is C25H20FN5O3. The second-order valence-electron chi connectivity index (χ2n) is 7.48. The monoisotopic (exact) mass is 457 g/mol. The minimum Gasteiger partial charge on any atom is -0.497 e. The molecule has 0 aliphatic rings. The number of fused-ring (bicyclic) bond motifs is 2. The molecule has 5 rings (SSSR count). The number of carbonyl (C=O) groups is 1. The second kappa shape index (κ2) is 8.36. The molecule has 8 nitrogen and oxygen atoms in total. The molecule has 0 aliphatic carbocycles. The molecule has 2 aromatic heterocycles. The molecule has 3 N–H and O–H groups in total. The van der Waals surface area contributed by atoms with Crippen molar-refractivity contribution in [3.8, 4) is 17.2 Å². The standard InChI is InChI=1S/C25H20FN5O3/c1-33-16-10-11-19(20(13-16)34-2)31-23(27)21(25(32)28-15-7-5-6-14(26)12-15)22-24(31)30-18-9-4-3-8-17(18)29-22/h3-13H,27H2,1-2H3,(H,28,32). The van der Waals surface area contributed by atoms with E-state index in [1.54, 1.807) is 42.0 Å². The number of nitrogens with zero attached hydrogens (tertiary/aromatic N) is 3. The maximum Gasteiger partial charge on any atom is 0.261 e. The lowest BCUT2D eigenvalue weighted by molar-refractivity contribution is 0.102. The largest absolute Gasteiger partial charge is 0.497 e. The smallest absolute Gasteiger partial charge is 0.261 e. The number of para-hydroxylation sites is 2. The van der Waals surface area contributed by atoms with Gasteiger partial charge in [0.05, 0.1) is 30.9 Å². The topological polar surface area (TPSA) is 104 Å². The number of hydrogen-bond donors (Lipinski definition) is 2. The van der Waals surface area contributed by atoms with Gasteiger partial charge < -0.3 is 20.5 Å². The van der Waals surface area contributed by atoms with Crippen LogP contribution in [-0.4, -0.2) is 34.7 Å². The fourth-order valence-corrected chi connectivity index (χ4v) is 3.86. The molecule has 0 saturated heterocycles. The molecule has 0 fully saturated rings. The van der Waals surface area contributed by atoms with Crippen molar-refractivity contribution >= 4 is 39.6 Å². The average Bonchev–Trinajstić information content (AvgIpc) is 3.12. The quantitative estimate of drug-likeness (QED) is 0.401. The summed E-state index contributed by atoms with van der Waals surface area (Å²) in [5.74, 6) is 0.166. The van der Waals surface area contributed by atoms with Crippen molar-refractivity contribution in [1.82, 2.24) is 14.5 Å². The Hall–Kier alpha value is -4.66. The van der Waals surface area contributed by atoms with Crippen molar-refractivity contribution < 1.29 is 18.7 Å². The Morgan fingerprint density at radius 2 is 1.74 bits per heavy atom. The fraction of sp³-hybridized carbons (Fsp3) is 0.0800. The number of aromatic nitrogens is 3. The minimum absolute atomic E-state index is 0.114. The highest BCUT2D eigenvalue weighted by molar-refractivity contribution is 6.16. The van der Waals surface area contributed by atoms with Gasteiger partial charge in [0.2, 0.25) is 0 Å². The first kappa shape index (κ1) is 21.2. The van der Waals surface area contributed by atoms with E-state index < -0.39 is 11.7 Å². The van der Waals surface area contributed by atoms with Gasteiger partial charge in [-0.05, 0) is 42.5 Å². The number of halogens is 1. The fourth-order valence-electron chi connectivity index (χ4n) is 3.86. The Morgan fingerprint density at radius 1 is 0.971 bits per heavy atom. The number of carbonyl (C=O) groups excluding carboxylic acids is 1. The Balaban J connectivity index is 1.77. The van der Waals surface area contributed by atoms with Gasteiger partial charge in [-0.3, -0.25) is 9.36 Å². The van der Waals surface area contributed by atoms with Gasteiger partial charge in [-0.25, -0.2) is 14.4 Å². The van der Waals surface area contributed by atoms with Crippen molar-refractivity contribution in [3.05, 3.63) is 78.1 Å². The second-order valence-corrected chi connectivity index (χ2v) is 7.48. The zero-order chi connectivity index (χ0) is 23.8. The van der Waals surface area contributed by atoms with E-state index in [-0.39, 0.29) is 11.4 Å². The van der Waals surface area contributed by atoms with Crippen LogP contribution in [0.25, 0.3) is 27.9 Å². The van der Waals surface area contributed by atoms with Crippen LogP contribution < -0.4 is 20.5 Å². The molecule has 0 spiro atoms. The van der Waals surface area contributed by atoms with E-state index >= 15 is 0 Å². The number of amides is 1. The zero-order valence-electron chi connectivity index (χ0n) is 18.4. The molecule has 0 radical (unpaired) electrons. The molecule has 34 heavy (non-hydrogen) atoms. The van der Waals surface area contributed by atoms with Gasteiger partial charge in [0.15, 0.2) is 5.65 Å². The number of ether oxygens (including phenoxy) is 2. The van der Waals surface area contributed by atoms with E-state index in [1.807, 2.05) is 18.2 Å². The number of methoxy groups -OCH3 is 2. The average molecular weight is 457 g/mol. The number of nitrogens with one attached hydrogen (secondary N) is 1. The van der Waals surface area contributed by atoms with Crippen molar-refractivity contribution in [2.75, 3.05) is 25.3 Å². The molecule has 1 amide bonds. The highest BCUT2D eigenvalue weighted by atomic mass is 19.1. The van der Waals surface area contributed by atoms with Crippen LogP contribution >= 0.6 is 0 Å². The summed E-state index contributed by atoms with van der Waals surface area (Å²) in [6.45, 7) is 0. The number of hydrogen-bond acceptors (Lipinski definition) is 6. The molecule has 0 atom stereocenters. The number of nitrogen functional groups attached to an aromatic ring is 1. The van der Waals surface area contributed by atoms with Gasteiger partial charge in [-0.15, -0.1) is 0 Å². The molecule has 0 saturated carbocycles. The zero-order valence-corrected chi connectivity index (χ0v) is 18.4. The molecule has 2 heterocycles. The molecule has 170 valence electrons. The van der Waals surface area contributed by atoms with Crippen molar-refractivity contribution in [2.24, 2.45) is 0 Å². The van der Waals surface area contributed by atoms with Gasteiger partial charge in [-0.1, -0.05) is 18.2 Å². The lowest BCUT2D eigenvalue weighted by atomic mass is 10.2. The van der Waals surface area contributed by atoms with Crippen molar-refractivity contribution in [2.45, 2.75) is 0 Å². The number of rotatable bonds is 5. The molecule has 0 bridgehead atoms. The van der Waals surface area contributed by atoms with Crippen LogP contribution in [0.4, 0.5) is 15.9 Å². The van der Waals surface area contributed by atoms with E-state index in [1.165, 1.54) is 25.3 Å². The van der Waals surface area contributed by atoms with Gasteiger partial charge in [0.1, 0.15) is 34.2 Å². The van der Waals surface area contributed by atoms with Crippen molar-refractivity contribution in [3.63, 3.8) is 0 Å². The summed E-state index contributed by atoms with van der Waals surface area (Å²) in [5, 5.41) is 2.70. The molecule has 3 aromatic carbocycles. The third-order valence-corrected chi connectivity index (χ3v) is 5.44. The van der Waals surface area contributed by atoms with E-state index in [4.69, 9.17) is 25.2 Å². The third kappa shape index (κ3) is 3.53. The lowest BCUT2D eigenvalue weighted by Crippen LogP contribution is -2.14. The first-order valence-electron chi connectivity index (χ1n) is 10.4. The molecule has 9 heteroatoms. The Morgan fingerprint density at radius 3 is 2.44 bits per heavy atom. The number of anilines is 2. The predicted molar refractivity (Wildman–Crippen MR) is 128 cm³/mol. The Bertz CT molecular complexity index is 1560. The third-order valence-electron chi connectivity index (χ3n) is 5.44. The minimum atomic E-state index is -0.538. The van der Waals surface area contributed by atoms with Crippen LogP contribution in [0.1, 0.15) is 10.4 Å². The SMILES string of the molecule is COc1ccc(-n2c(N)c(C(=O)Nc3cccc(F)c3)c3nc4ccccc4nc32)c(OC)c1. The highest BCUT2D eigenvalue weighted by Crippen LogP contribution is 2.36. The Labute approximate surface area is 193 Å². The number of benzene rings is 3. The molecule has 0 unspecified atom stereocenters. The summed E-state index contributed by atoms with van der Waals surface area (Å²) >= 11 is 0. The van der Waals surface area contributed by atoms with Gasteiger partial charge in [0.25, 0.3) is 5.91 Å². The van der Waals surface area contributed by atoms with Crippen LogP contribution in [0.5, 0.6) is 11.5 Å². The van der Waals surface area contributed by atoms with Crippen LogP contribution in [0.2, 0.25) is 0 Å². The maximum absolute atomic E-state index is 13.7. The van der Waals surface area contributed by atoms with E-state index in [0.717, 1.165) is 0 Å². The highest BCUT2D eigenvalue weighted by Gasteiger charge is 2.26. The summed E-state index contributed by atoms with van der Waals surface area (Å²) < 4.78 is 26.2. The molecular weight excluding hydrogens is 437 g/mol. The normalized spacial score (nSPS) is 11.0. The summed E-state index contributed by atoms with van der Waals surface area (Å²) in [7, 11) is 3.08. The summed E-state index contributed by atoms with van der Waals surface area (Å²) in [6, 6.07) is 18.2. The predicted octanol–water partition coefficient (Wildman–Crippen LogP) is 4.56. The van der Waals surface area contributed by atoms with Gasteiger partial charge in [0, 0.05) is 11.8 Å². The van der Waals surface area contributed by atoms with Gasteiger partial charge >= 0.3 is 0 Å². The van der Waals surface area contributed by atoms with Crippen LogP contribution in [0.3, 0.4) is 0 Å². The summed E-state index contributed by atoms with van der Waals surface area (Å²) in [6.07, 6.45) is 0. The summed E-state index contributed by atoms with van der Waals surface area (Å²) in [4.78, 5) is 22.8. The van der Waals surface area contributed by atoms with Crippen LogP contribution in [0, 0.1) is 5.82 Å². The molecule has 0 aliphatic heterocycles. The van der Waals surface area contributed by atoms with Crippen molar-refractivity contribution in [1.29, 1.82) is 0 Å². The Kier molecular flexibility index (Phi) is 5.21. The van der Waals surface area contributed by atoms with Crippen LogP contribution in [0.15, 0.2) is 66.7 Å². The first-order chi connectivity index (χ1) is 16.5. The van der Waals surface area contributed by atoms with E-state index in [9.17, 15) is 9.18 Å². The lowest BCUT2D eigenvalue weighted by Gasteiger charge is -2.13. The van der Waals surface area contributed by atoms with E-state index in [2.05, 4.69) is 5.32 Å². The maximum atomic E-state index is 13.7. The van der Waals surface area contributed by atoms with E-state index in [0.29, 0.717) is 45.1 Å². The van der Waals surface area contributed by atoms with Crippen LogP contribution in [-0.2, 0) is 0 Å². The number of nitrogens with two attached hydrogens (primary N) is 1.